The van der Waals surface area contributed by atoms with Crippen LogP contribution in [0.5, 0.6) is 0 Å². The summed E-state index contributed by atoms with van der Waals surface area (Å²) in [5, 5.41) is 18.1. The van der Waals surface area contributed by atoms with Crippen molar-refractivity contribution in [2.75, 3.05) is 6.54 Å². The molecule has 12 nitrogen and oxygen atoms in total. The predicted molar refractivity (Wildman–Crippen MR) is 136 cm³/mol. The molecule has 3 unspecified atom stereocenters. The van der Waals surface area contributed by atoms with Gasteiger partial charge in [-0.1, -0.05) is 32.0 Å². The van der Waals surface area contributed by atoms with Crippen molar-refractivity contribution in [2.45, 2.75) is 51.2 Å². The normalized spacial score (nSPS) is 13.6. The molecule has 2 heterocycles. The lowest BCUT2D eigenvalue weighted by molar-refractivity contribution is -0.142. The number of aromatic nitrogens is 3. The number of amides is 3. The average molecular weight is 512 g/mol. The molecule has 0 spiro atoms. The average Bonchev–Trinajstić information content (AvgIpc) is 3.51. The van der Waals surface area contributed by atoms with Gasteiger partial charge in [-0.3, -0.25) is 14.4 Å². The van der Waals surface area contributed by atoms with Gasteiger partial charge in [0.2, 0.25) is 17.7 Å². The zero-order chi connectivity index (χ0) is 26.9. The highest BCUT2D eigenvalue weighted by atomic mass is 16.4. The molecule has 0 saturated carbocycles. The third kappa shape index (κ3) is 7.90. The van der Waals surface area contributed by atoms with E-state index in [2.05, 4.69) is 30.9 Å². The molecule has 0 aliphatic carbocycles. The number of aromatic amines is 2. The van der Waals surface area contributed by atoms with Gasteiger partial charge in [0.25, 0.3) is 0 Å². The quantitative estimate of drug-likeness (QED) is 0.170. The third-order valence-corrected chi connectivity index (χ3v) is 5.83. The van der Waals surface area contributed by atoms with E-state index in [1.54, 1.807) is 6.20 Å². The summed E-state index contributed by atoms with van der Waals surface area (Å²) in [7, 11) is 0. The van der Waals surface area contributed by atoms with Crippen LogP contribution >= 0.6 is 0 Å². The zero-order valence-electron chi connectivity index (χ0n) is 20.8. The number of nitrogens with one attached hydrogen (secondary N) is 5. The summed E-state index contributed by atoms with van der Waals surface area (Å²) in [6.45, 7) is 3.49. The lowest BCUT2D eigenvalue weighted by atomic mass is 10.0. The van der Waals surface area contributed by atoms with Crippen LogP contribution < -0.4 is 21.7 Å². The summed E-state index contributed by atoms with van der Waals surface area (Å²) in [6.07, 6.45) is 5.17. The van der Waals surface area contributed by atoms with Crippen LogP contribution in [-0.4, -0.2) is 68.4 Å². The molecule has 0 aliphatic rings. The van der Waals surface area contributed by atoms with Crippen LogP contribution in [0.3, 0.4) is 0 Å². The van der Waals surface area contributed by atoms with Crippen LogP contribution in [0.25, 0.3) is 10.9 Å². The molecule has 0 aliphatic heterocycles. The van der Waals surface area contributed by atoms with E-state index in [1.807, 2.05) is 38.1 Å². The monoisotopic (exact) mass is 511 g/mol. The Balaban J connectivity index is 1.72. The summed E-state index contributed by atoms with van der Waals surface area (Å²) in [5.41, 5.74) is 8.02. The first-order valence-electron chi connectivity index (χ1n) is 12.0. The van der Waals surface area contributed by atoms with E-state index >= 15 is 0 Å². The minimum absolute atomic E-state index is 0.0153. The van der Waals surface area contributed by atoms with Crippen molar-refractivity contribution in [1.82, 2.24) is 30.9 Å². The van der Waals surface area contributed by atoms with Gasteiger partial charge < -0.3 is 36.8 Å². The number of carbonyl (C=O) groups excluding carboxylic acids is 3. The van der Waals surface area contributed by atoms with E-state index in [1.165, 1.54) is 12.5 Å². The first-order valence-corrected chi connectivity index (χ1v) is 12.0. The molecule has 8 N–H and O–H groups in total. The SMILES string of the molecule is CC(C)CC(N)C(=O)NCC(=O)NC(Cc1c[nH]c2ccccc12)C(=O)NC(Cc1cnc[nH]1)C(=O)O. The minimum atomic E-state index is -1.25. The highest BCUT2D eigenvalue weighted by Gasteiger charge is 2.28. The van der Waals surface area contributed by atoms with E-state index < -0.39 is 41.8 Å². The molecule has 3 atom stereocenters. The van der Waals surface area contributed by atoms with Crippen LogP contribution in [0.1, 0.15) is 31.5 Å². The van der Waals surface area contributed by atoms with Crippen molar-refractivity contribution >= 4 is 34.6 Å². The molecule has 0 radical (unpaired) electrons. The van der Waals surface area contributed by atoms with Gasteiger partial charge in [0.15, 0.2) is 0 Å². The second-order valence-corrected chi connectivity index (χ2v) is 9.32. The number of H-pyrrole nitrogens is 2. The summed E-state index contributed by atoms with van der Waals surface area (Å²) >= 11 is 0. The summed E-state index contributed by atoms with van der Waals surface area (Å²) in [4.78, 5) is 59.7. The van der Waals surface area contributed by atoms with Crippen molar-refractivity contribution in [2.24, 2.45) is 11.7 Å². The van der Waals surface area contributed by atoms with Gasteiger partial charge in [0.05, 0.1) is 18.9 Å². The zero-order valence-corrected chi connectivity index (χ0v) is 20.8. The van der Waals surface area contributed by atoms with Crippen LogP contribution in [0.4, 0.5) is 0 Å². The fourth-order valence-corrected chi connectivity index (χ4v) is 3.98. The molecule has 37 heavy (non-hydrogen) atoms. The molecular formula is C25H33N7O5. The molecule has 0 fully saturated rings. The highest BCUT2D eigenvalue weighted by Crippen LogP contribution is 2.19. The summed E-state index contributed by atoms with van der Waals surface area (Å²) in [6, 6.07) is 4.39. The van der Waals surface area contributed by atoms with Gasteiger partial charge in [-0.2, -0.15) is 0 Å². The molecule has 0 bridgehead atoms. The van der Waals surface area contributed by atoms with Crippen molar-refractivity contribution < 1.29 is 24.3 Å². The van der Waals surface area contributed by atoms with Crippen LogP contribution in [0.15, 0.2) is 43.0 Å². The lowest BCUT2D eigenvalue weighted by Gasteiger charge is -2.22. The molecule has 1 aromatic carbocycles. The molecule has 3 aromatic rings. The first-order chi connectivity index (χ1) is 17.6. The molecule has 0 saturated heterocycles. The number of carbonyl (C=O) groups is 4. The third-order valence-electron chi connectivity index (χ3n) is 5.83. The number of nitrogens with zero attached hydrogens (tertiary/aromatic N) is 1. The standard InChI is InChI=1S/C25H33N7O5/c1-14(2)7-18(26)23(34)29-12-22(33)31-20(8-15-10-28-19-6-4-3-5-17(15)19)24(35)32-21(25(36)37)9-16-11-27-13-30-16/h3-6,10-11,13-14,18,20-21,28H,7-9,12,26H2,1-2H3,(H,27,30)(H,29,34)(H,31,33)(H,32,35)(H,36,37). The maximum atomic E-state index is 13.2. The Morgan fingerprint density at radius 2 is 1.78 bits per heavy atom. The number of rotatable bonds is 13. The van der Waals surface area contributed by atoms with Crippen LogP contribution in [0.2, 0.25) is 0 Å². The number of para-hydroxylation sites is 1. The molecular weight excluding hydrogens is 478 g/mol. The van der Waals surface area contributed by atoms with Gasteiger partial charge in [-0.25, -0.2) is 9.78 Å². The van der Waals surface area contributed by atoms with E-state index in [0.717, 1.165) is 16.5 Å². The number of benzene rings is 1. The minimum Gasteiger partial charge on any atom is -0.480 e. The van der Waals surface area contributed by atoms with E-state index in [4.69, 9.17) is 5.73 Å². The molecule has 2 aromatic heterocycles. The predicted octanol–water partition coefficient (Wildman–Crippen LogP) is 0.220. The number of fused-ring (bicyclic) bond motifs is 1. The van der Waals surface area contributed by atoms with Crippen molar-refractivity contribution in [3.63, 3.8) is 0 Å². The van der Waals surface area contributed by atoms with Crippen LogP contribution in [-0.2, 0) is 32.0 Å². The topological polar surface area (TPSA) is 195 Å². The number of hydrogen-bond acceptors (Lipinski definition) is 6. The Labute approximate surface area is 213 Å². The fourth-order valence-electron chi connectivity index (χ4n) is 3.98. The van der Waals surface area contributed by atoms with Crippen molar-refractivity contribution in [1.29, 1.82) is 0 Å². The molecule has 12 heteroatoms. The number of aliphatic carboxylic acids is 1. The Bertz CT molecular complexity index is 1220. The summed E-state index contributed by atoms with van der Waals surface area (Å²) < 4.78 is 0. The molecule has 198 valence electrons. The smallest absolute Gasteiger partial charge is 0.326 e. The van der Waals surface area contributed by atoms with Crippen molar-refractivity contribution in [3.05, 3.63) is 54.2 Å². The number of carboxylic acids is 1. The maximum Gasteiger partial charge on any atom is 0.326 e. The second-order valence-electron chi connectivity index (χ2n) is 9.32. The highest BCUT2D eigenvalue weighted by molar-refractivity contribution is 5.93. The van der Waals surface area contributed by atoms with Crippen LogP contribution in [0, 0.1) is 5.92 Å². The lowest BCUT2D eigenvalue weighted by Crippen LogP contribution is -2.55. The van der Waals surface area contributed by atoms with E-state index in [0.29, 0.717) is 12.1 Å². The fraction of sp³-hybridized carbons (Fsp3) is 0.400. The number of nitrogens with two attached hydrogens (primary N) is 1. The van der Waals surface area contributed by atoms with Crippen molar-refractivity contribution in [3.8, 4) is 0 Å². The summed E-state index contributed by atoms with van der Waals surface area (Å²) in [5.74, 6) is -2.76. The molecule has 3 amide bonds. The van der Waals surface area contributed by atoms with Gasteiger partial charge in [0, 0.05) is 41.8 Å². The van der Waals surface area contributed by atoms with Gasteiger partial charge in [-0.05, 0) is 24.0 Å². The Hall–Kier alpha value is -4.19. The number of imidazole rings is 1. The number of hydrogen-bond donors (Lipinski definition) is 7. The first kappa shape index (κ1) is 27.4. The Morgan fingerprint density at radius 1 is 1.03 bits per heavy atom. The number of carboxylic acid groups (broad SMARTS) is 1. The van der Waals surface area contributed by atoms with Gasteiger partial charge in [0.1, 0.15) is 12.1 Å². The second kappa shape index (κ2) is 12.7. The molecule has 3 rings (SSSR count). The van der Waals surface area contributed by atoms with E-state index in [9.17, 15) is 24.3 Å². The Kier molecular flexibility index (Phi) is 9.39. The Morgan fingerprint density at radius 3 is 2.46 bits per heavy atom. The largest absolute Gasteiger partial charge is 0.480 e. The van der Waals surface area contributed by atoms with Gasteiger partial charge >= 0.3 is 5.97 Å². The van der Waals surface area contributed by atoms with E-state index in [-0.39, 0.29) is 25.3 Å². The maximum absolute atomic E-state index is 13.2. The van der Waals surface area contributed by atoms with Gasteiger partial charge in [-0.15, -0.1) is 0 Å².